The van der Waals surface area contributed by atoms with Crippen molar-refractivity contribution in [1.29, 1.82) is 0 Å². The Morgan fingerprint density at radius 3 is 2.58 bits per heavy atom. The average molecular weight is 273 g/mol. The molecule has 0 unspecified atom stereocenters. The van der Waals surface area contributed by atoms with Crippen LogP contribution in [0.15, 0.2) is 24.3 Å². The minimum Gasteiger partial charge on any atom is -0.406 e. The van der Waals surface area contributed by atoms with Crippen LogP contribution in [0.5, 0.6) is 5.75 Å². The van der Waals surface area contributed by atoms with E-state index in [-0.39, 0.29) is 17.8 Å². The van der Waals surface area contributed by atoms with Crippen LogP contribution in [0.25, 0.3) is 0 Å². The lowest BCUT2D eigenvalue weighted by molar-refractivity contribution is -0.274. The van der Waals surface area contributed by atoms with E-state index >= 15 is 0 Å². The summed E-state index contributed by atoms with van der Waals surface area (Å²) >= 11 is 0. The first-order chi connectivity index (χ1) is 8.77. The molecule has 1 aromatic rings. The summed E-state index contributed by atoms with van der Waals surface area (Å²) in [5.41, 5.74) is 5.65. The topological polar surface area (TPSA) is 52.3 Å². The fraction of sp³-hybridized carbons (Fsp3) is 0.462. The Hall–Kier alpha value is -1.56. The maximum Gasteiger partial charge on any atom is 0.573 e. The van der Waals surface area contributed by atoms with E-state index in [1.54, 1.807) is 0 Å². The molecule has 0 atom stereocenters. The molecule has 2 N–H and O–H groups in total. The summed E-state index contributed by atoms with van der Waals surface area (Å²) in [7, 11) is 0. The molecule has 6 heteroatoms. The van der Waals surface area contributed by atoms with Gasteiger partial charge in [0.05, 0.1) is 0 Å². The lowest BCUT2D eigenvalue weighted by Gasteiger charge is -2.37. The van der Waals surface area contributed by atoms with Gasteiger partial charge in [-0.05, 0) is 31.4 Å². The van der Waals surface area contributed by atoms with Crippen LogP contribution in [-0.2, 0) is 0 Å². The minimum atomic E-state index is -4.76. The number of carbonyl (C=O) groups is 1. The smallest absolute Gasteiger partial charge is 0.406 e. The van der Waals surface area contributed by atoms with Gasteiger partial charge in [0.2, 0.25) is 0 Å². The van der Waals surface area contributed by atoms with Crippen molar-refractivity contribution in [3.05, 3.63) is 29.8 Å². The fourth-order valence-electron chi connectivity index (χ4n) is 2.10. The van der Waals surface area contributed by atoms with Crippen molar-refractivity contribution < 1.29 is 22.7 Å². The van der Waals surface area contributed by atoms with E-state index in [2.05, 4.69) is 4.74 Å². The lowest BCUT2D eigenvalue weighted by atomic mass is 9.74. The summed E-state index contributed by atoms with van der Waals surface area (Å²) in [5, 5.41) is 0. The quantitative estimate of drug-likeness (QED) is 0.858. The van der Waals surface area contributed by atoms with E-state index in [1.165, 1.54) is 12.1 Å². The highest BCUT2D eigenvalue weighted by Crippen LogP contribution is 2.33. The standard InChI is InChI=1S/C13H14F3NO2/c14-13(15,16)19-10-4-1-3-9(7-10)11(18)8-12(17)5-2-6-12/h1,3-4,7H,2,5-6,8,17H2. The van der Waals surface area contributed by atoms with Crippen molar-refractivity contribution in [3.63, 3.8) is 0 Å². The Labute approximate surface area is 108 Å². The predicted molar refractivity (Wildman–Crippen MR) is 62.8 cm³/mol. The van der Waals surface area contributed by atoms with Crippen molar-refractivity contribution in [3.8, 4) is 5.75 Å². The summed E-state index contributed by atoms with van der Waals surface area (Å²) in [6.07, 6.45) is -2.07. The third-order valence-electron chi connectivity index (χ3n) is 3.25. The Morgan fingerprint density at radius 2 is 2.05 bits per heavy atom. The molecule has 1 saturated carbocycles. The molecule has 0 radical (unpaired) electrons. The van der Waals surface area contributed by atoms with Gasteiger partial charge < -0.3 is 10.5 Å². The molecule has 0 saturated heterocycles. The lowest BCUT2D eigenvalue weighted by Crippen LogP contribution is -2.48. The zero-order chi connectivity index (χ0) is 14.1. The Kier molecular flexibility index (Phi) is 3.54. The highest BCUT2D eigenvalue weighted by atomic mass is 19.4. The average Bonchev–Trinajstić information content (AvgIpc) is 2.25. The monoisotopic (exact) mass is 273 g/mol. The van der Waals surface area contributed by atoms with E-state index in [0.717, 1.165) is 31.4 Å². The van der Waals surface area contributed by atoms with Gasteiger partial charge in [-0.2, -0.15) is 0 Å². The number of benzene rings is 1. The maximum atomic E-state index is 12.1. The second-order valence-corrected chi connectivity index (χ2v) is 4.89. The van der Waals surface area contributed by atoms with Gasteiger partial charge in [0.1, 0.15) is 5.75 Å². The van der Waals surface area contributed by atoms with E-state index < -0.39 is 17.7 Å². The minimum absolute atomic E-state index is 0.155. The Bertz CT molecular complexity index is 481. The van der Waals surface area contributed by atoms with Gasteiger partial charge in [-0.25, -0.2) is 0 Å². The highest BCUT2D eigenvalue weighted by Gasteiger charge is 2.35. The van der Waals surface area contributed by atoms with Crippen LogP contribution in [-0.4, -0.2) is 17.7 Å². The van der Waals surface area contributed by atoms with Crippen LogP contribution in [0, 0.1) is 0 Å². The van der Waals surface area contributed by atoms with Gasteiger partial charge in [-0.15, -0.1) is 13.2 Å². The molecule has 1 aromatic carbocycles. The summed E-state index contributed by atoms with van der Waals surface area (Å²) < 4.78 is 40.0. The van der Waals surface area contributed by atoms with E-state index in [4.69, 9.17) is 5.73 Å². The van der Waals surface area contributed by atoms with Crippen molar-refractivity contribution in [2.45, 2.75) is 37.6 Å². The van der Waals surface area contributed by atoms with Crippen LogP contribution in [0.2, 0.25) is 0 Å². The predicted octanol–water partition coefficient (Wildman–Crippen LogP) is 3.04. The first-order valence-corrected chi connectivity index (χ1v) is 5.95. The number of alkyl halides is 3. The molecule has 0 aromatic heterocycles. The third-order valence-corrected chi connectivity index (χ3v) is 3.25. The highest BCUT2D eigenvalue weighted by molar-refractivity contribution is 5.97. The van der Waals surface area contributed by atoms with Crippen molar-refractivity contribution >= 4 is 5.78 Å². The molecule has 104 valence electrons. The van der Waals surface area contributed by atoms with Gasteiger partial charge in [0.25, 0.3) is 0 Å². The second kappa shape index (κ2) is 4.85. The number of rotatable bonds is 4. The van der Waals surface area contributed by atoms with Gasteiger partial charge in [-0.3, -0.25) is 4.79 Å². The first kappa shape index (κ1) is 13.9. The van der Waals surface area contributed by atoms with Crippen LogP contribution >= 0.6 is 0 Å². The number of ketones is 1. The number of hydrogen-bond donors (Lipinski definition) is 1. The molecule has 1 aliphatic carbocycles. The Morgan fingerprint density at radius 1 is 1.37 bits per heavy atom. The molecule has 19 heavy (non-hydrogen) atoms. The number of nitrogens with two attached hydrogens (primary N) is 1. The van der Waals surface area contributed by atoms with Crippen LogP contribution in [0.3, 0.4) is 0 Å². The van der Waals surface area contributed by atoms with Gasteiger partial charge in [0, 0.05) is 17.5 Å². The van der Waals surface area contributed by atoms with E-state index in [9.17, 15) is 18.0 Å². The molecule has 3 nitrogen and oxygen atoms in total. The zero-order valence-electron chi connectivity index (χ0n) is 10.2. The molecule has 0 aliphatic heterocycles. The van der Waals surface area contributed by atoms with Gasteiger partial charge >= 0.3 is 6.36 Å². The summed E-state index contributed by atoms with van der Waals surface area (Å²) in [5.74, 6) is -0.646. The number of carbonyl (C=O) groups excluding carboxylic acids is 1. The van der Waals surface area contributed by atoms with E-state index in [1.807, 2.05) is 0 Å². The fourth-order valence-corrected chi connectivity index (χ4v) is 2.10. The molecule has 0 spiro atoms. The summed E-state index contributed by atoms with van der Waals surface area (Å²) in [6, 6.07) is 5.08. The van der Waals surface area contributed by atoms with E-state index in [0.29, 0.717) is 0 Å². The molecule has 1 aliphatic rings. The van der Waals surface area contributed by atoms with Crippen molar-refractivity contribution in [2.24, 2.45) is 5.73 Å². The van der Waals surface area contributed by atoms with Crippen LogP contribution < -0.4 is 10.5 Å². The normalized spacial score (nSPS) is 17.7. The number of hydrogen-bond acceptors (Lipinski definition) is 3. The molecule has 0 bridgehead atoms. The SMILES string of the molecule is NC1(CC(=O)c2cccc(OC(F)(F)F)c2)CCC1. The maximum absolute atomic E-state index is 12.1. The second-order valence-electron chi connectivity index (χ2n) is 4.89. The Balaban J connectivity index is 2.07. The van der Waals surface area contributed by atoms with Crippen LogP contribution in [0.4, 0.5) is 13.2 Å². The van der Waals surface area contributed by atoms with Crippen molar-refractivity contribution in [1.82, 2.24) is 0 Å². The number of ether oxygens (including phenoxy) is 1. The van der Waals surface area contributed by atoms with Crippen molar-refractivity contribution in [2.75, 3.05) is 0 Å². The molecule has 0 heterocycles. The molecular weight excluding hydrogens is 259 g/mol. The molecule has 0 amide bonds. The zero-order valence-corrected chi connectivity index (χ0v) is 10.2. The molecular formula is C13H14F3NO2. The third kappa shape index (κ3) is 3.70. The molecule has 2 rings (SSSR count). The summed E-state index contributed by atoms with van der Waals surface area (Å²) in [4.78, 5) is 12.0. The number of Topliss-reactive ketones (excluding diaryl/α,β-unsaturated/α-hetero) is 1. The van der Waals surface area contributed by atoms with Gasteiger partial charge in [-0.1, -0.05) is 12.1 Å². The largest absolute Gasteiger partial charge is 0.573 e. The molecule has 1 fully saturated rings. The van der Waals surface area contributed by atoms with Crippen LogP contribution in [0.1, 0.15) is 36.0 Å². The summed E-state index contributed by atoms with van der Waals surface area (Å²) in [6.45, 7) is 0. The van der Waals surface area contributed by atoms with Gasteiger partial charge in [0.15, 0.2) is 5.78 Å². The number of halogens is 3. The first-order valence-electron chi connectivity index (χ1n) is 5.95.